The Morgan fingerprint density at radius 1 is 1.19 bits per heavy atom. The summed E-state index contributed by atoms with van der Waals surface area (Å²) in [6.07, 6.45) is -3.33. The zero-order valence-corrected chi connectivity index (χ0v) is 18.0. The summed E-state index contributed by atoms with van der Waals surface area (Å²) in [6, 6.07) is 9.47. The van der Waals surface area contributed by atoms with Gasteiger partial charge in [0.15, 0.2) is 0 Å². The van der Waals surface area contributed by atoms with Crippen molar-refractivity contribution in [3.8, 4) is 0 Å². The van der Waals surface area contributed by atoms with Crippen LogP contribution in [0.4, 0.5) is 18.9 Å². The lowest BCUT2D eigenvalue weighted by molar-refractivity contribution is -0.385. The van der Waals surface area contributed by atoms with Crippen LogP contribution in [0.3, 0.4) is 0 Å². The Morgan fingerprint density at radius 2 is 1.94 bits per heavy atom. The Labute approximate surface area is 184 Å². The van der Waals surface area contributed by atoms with Gasteiger partial charge in [-0.3, -0.25) is 14.9 Å². The average Bonchev–Trinajstić information content (AvgIpc) is 3.14. The topological polar surface area (TPSA) is 75.5 Å². The molecule has 1 saturated heterocycles. The van der Waals surface area contributed by atoms with Gasteiger partial charge in [0, 0.05) is 37.7 Å². The van der Waals surface area contributed by atoms with Crippen molar-refractivity contribution in [1.29, 1.82) is 0 Å². The molecule has 1 aliphatic heterocycles. The van der Waals surface area contributed by atoms with Crippen LogP contribution in [0.2, 0.25) is 0 Å². The van der Waals surface area contributed by atoms with Crippen molar-refractivity contribution in [2.24, 2.45) is 0 Å². The molecule has 0 saturated carbocycles. The first-order valence-electron chi connectivity index (χ1n) is 10.5. The van der Waals surface area contributed by atoms with E-state index in [-0.39, 0.29) is 30.6 Å². The fourth-order valence-corrected chi connectivity index (χ4v) is 3.92. The largest absolute Gasteiger partial charge is 0.416 e. The molecule has 1 amide bonds. The van der Waals surface area contributed by atoms with E-state index in [2.05, 4.69) is 5.32 Å². The summed E-state index contributed by atoms with van der Waals surface area (Å²) in [5.41, 5.74) is 0.936. The standard InChI is InChI=1S/C23H26F3N3O3/c1-15(2)19-9-8-16(11-21(19)29(31)32)13-27-20(14-28-10-4-7-22(28)30)17-5-3-6-18(12-17)23(24,25)26/h3,5-6,8-9,11-12,15,20,27H,4,7,10,13-14H2,1-2H3. The summed E-state index contributed by atoms with van der Waals surface area (Å²) in [5, 5.41) is 14.7. The van der Waals surface area contributed by atoms with Crippen LogP contribution >= 0.6 is 0 Å². The molecule has 6 nitrogen and oxygen atoms in total. The second-order valence-corrected chi connectivity index (χ2v) is 8.30. The number of hydrogen-bond acceptors (Lipinski definition) is 4. The number of carbonyl (C=O) groups excluding carboxylic acids is 1. The quantitative estimate of drug-likeness (QED) is 0.445. The average molecular weight is 449 g/mol. The number of likely N-dealkylation sites (tertiary alicyclic amines) is 1. The van der Waals surface area contributed by atoms with Crippen molar-refractivity contribution in [3.63, 3.8) is 0 Å². The number of rotatable bonds is 8. The lowest BCUT2D eigenvalue weighted by Crippen LogP contribution is -2.36. The van der Waals surface area contributed by atoms with E-state index in [0.29, 0.717) is 29.7 Å². The molecule has 1 fully saturated rings. The van der Waals surface area contributed by atoms with Gasteiger partial charge in [0.25, 0.3) is 5.69 Å². The second-order valence-electron chi connectivity index (χ2n) is 8.30. The predicted octanol–water partition coefficient (Wildman–Crippen LogP) is 5.19. The number of hydrogen-bond donors (Lipinski definition) is 1. The van der Waals surface area contributed by atoms with Gasteiger partial charge < -0.3 is 10.2 Å². The Bertz CT molecular complexity index is 992. The number of nitro groups is 1. The third-order valence-corrected chi connectivity index (χ3v) is 5.66. The number of halogens is 3. The van der Waals surface area contributed by atoms with Gasteiger partial charge in [-0.1, -0.05) is 38.1 Å². The molecular formula is C23H26F3N3O3. The maximum absolute atomic E-state index is 13.2. The van der Waals surface area contributed by atoms with Crippen LogP contribution < -0.4 is 5.32 Å². The van der Waals surface area contributed by atoms with Crippen LogP contribution in [0.1, 0.15) is 60.9 Å². The van der Waals surface area contributed by atoms with E-state index < -0.39 is 22.7 Å². The van der Waals surface area contributed by atoms with Crippen LogP contribution in [-0.4, -0.2) is 28.8 Å². The summed E-state index contributed by atoms with van der Waals surface area (Å²) < 4.78 is 39.7. The summed E-state index contributed by atoms with van der Waals surface area (Å²) in [5.74, 6) is -0.0443. The molecule has 2 aromatic rings. The highest BCUT2D eigenvalue weighted by Crippen LogP contribution is 2.32. The normalized spacial score (nSPS) is 15.4. The molecule has 1 heterocycles. The van der Waals surface area contributed by atoms with Gasteiger partial charge in [0.05, 0.1) is 16.5 Å². The van der Waals surface area contributed by atoms with Gasteiger partial charge in [0.1, 0.15) is 0 Å². The molecule has 0 spiro atoms. The SMILES string of the molecule is CC(C)c1ccc(CNC(CN2CCCC2=O)c2cccc(C(F)(F)F)c2)cc1[N+](=O)[O-]. The molecule has 0 aliphatic carbocycles. The fourth-order valence-electron chi connectivity index (χ4n) is 3.92. The van der Waals surface area contributed by atoms with Gasteiger partial charge in [0.2, 0.25) is 5.91 Å². The minimum absolute atomic E-state index is 0.0172. The van der Waals surface area contributed by atoms with Crippen molar-refractivity contribution in [3.05, 3.63) is 74.8 Å². The van der Waals surface area contributed by atoms with E-state index in [1.165, 1.54) is 12.1 Å². The highest BCUT2D eigenvalue weighted by molar-refractivity contribution is 5.78. The minimum atomic E-state index is -4.47. The molecule has 1 aliphatic rings. The molecule has 9 heteroatoms. The fraction of sp³-hybridized carbons (Fsp3) is 0.435. The molecular weight excluding hydrogens is 423 g/mol. The molecule has 172 valence electrons. The monoisotopic (exact) mass is 449 g/mol. The zero-order chi connectivity index (χ0) is 23.5. The second kappa shape index (κ2) is 9.68. The summed E-state index contributed by atoms with van der Waals surface area (Å²) >= 11 is 0. The van der Waals surface area contributed by atoms with Crippen molar-refractivity contribution in [2.75, 3.05) is 13.1 Å². The van der Waals surface area contributed by atoms with Crippen molar-refractivity contribution < 1.29 is 22.9 Å². The van der Waals surface area contributed by atoms with Crippen LogP contribution in [0.15, 0.2) is 42.5 Å². The Balaban J connectivity index is 1.86. The lowest BCUT2D eigenvalue weighted by Gasteiger charge is -2.26. The zero-order valence-electron chi connectivity index (χ0n) is 18.0. The van der Waals surface area contributed by atoms with Gasteiger partial charge in [-0.05, 0) is 35.6 Å². The first-order valence-corrected chi connectivity index (χ1v) is 10.5. The van der Waals surface area contributed by atoms with Crippen molar-refractivity contribution in [1.82, 2.24) is 10.2 Å². The molecule has 1 N–H and O–H groups in total. The Hall–Kier alpha value is -2.94. The lowest BCUT2D eigenvalue weighted by atomic mass is 9.98. The van der Waals surface area contributed by atoms with E-state index in [1.54, 1.807) is 23.1 Å². The van der Waals surface area contributed by atoms with E-state index in [9.17, 15) is 28.1 Å². The number of carbonyl (C=O) groups is 1. The number of nitro benzene ring substituents is 1. The number of benzene rings is 2. The summed E-state index contributed by atoms with van der Waals surface area (Å²) in [6.45, 7) is 4.74. The first-order chi connectivity index (χ1) is 15.1. The Kier molecular flexibility index (Phi) is 7.18. The van der Waals surface area contributed by atoms with Crippen molar-refractivity contribution in [2.45, 2.75) is 51.4 Å². The molecule has 0 bridgehead atoms. The highest BCUT2D eigenvalue weighted by atomic mass is 19.4. The highest BCUT2D eigenvalue weighted by Gasteiger charge is 2.32. The van der Waals surface area contributed by atoms with Crippen molar-refractivity contribution >= 4 is 11.6 Å². The van der Waals surface area contributed by atoms with Crippen LogP contribution in [0.5, 0.6) is 0 Å². The third kappa shape index (κ3) is 5.64. The van der Waals surface area contributed by atoms with E-state index >= 15 is 0 Å². The van der Waals surface area contributed by atoms with Gasteiger partial charge >= 0.3 is 6.18 Å². The van der Waals surface area contributed by atoms with Gasteiger partial charge in [-0.15, -0.1) is 0 Å². The number of amides is 1. The molecule has 0 radical (unpaired) electrons. The summed E-state index contributed by atoms with van der Waals surface area (Å²) in [7, 11) is 0. The van der Waals surface area contributed by atoms with E-state index in [1.807, 2.05) is 13.8 Å². The first kappa shape index (κ1) is 23.7. The van der Waals surface area contributed by atoms with Crippen LogP contribution in [0.25, 0.3) is 0 Å². The number of alkyl halides is 3. The predicted molar refractivity (Wildman–Crippen MR) is 114 cm³/mol. The molecule has 0 aromatic heterocycles. The smallest absolute Gasteiger partial charge is 0.341 e. The third-order valence-electron chi connectivity index (χ3n) is 5.66. The van der Waals surface area contributed by atoms with Gasteiger partial charge in [-0.25, -0.2) is 0 Å². The molecule has 1 atom stereocenters. The van der Waals surface area contributed by atoms with E-state index in [0.717, 1.165) is 18.6 Å². The molecule has 3 rings (SSSR count). The molecule has 1 unspecified atom stereocenters. The molecule has 32 heavy (non-hydrogen) atoms. The van der Waals surface area contributed by atoms with Crippen LogP contribution in [0, 0.1) is 10.1 Å². The van der Waals surface area contributed by atoms with Gasteiger partial charge in [-0.2, -0.15) is 13.2 Å². The van der Waals surface area contributed by atoms with E-state index in [4.69, 9.17) is 0 Å². The van der Waals surface area contributed by atoms with Crippen LogP contribution in [-0.2, 0) is 17.5 Å². The number of nitrogens with one attached hydrogen (secondary N) is 1. The maximum Gasteiger partial charge on any atom is 0.416 e. The Morgan fingerprint density at radius 3 is 2.53 bits per heavy atom. The summed E-state index contributed by atoms with van der Waals surface area (Å²) in [4.78, 5) is 24.8. The number of nitrogens with zero attached hydrogens (tertiary/aromatic N) is 2. The molecule has 2 aromatic carbocycles. The minimum Gasteiger partial charge on any atom is -0.341 e. The maximum atomic E-state index is 13.2.